The van der Waals surface area contributed by atoms with Gasteiger partial charge in [-0.3, -0.25) is 9.69 Å². The van der Waals surface area contributed by atoms with Crippen LogP contribution in [0.5, 0.6) is 0 Å². The molecule has 1 aromatic rings. The maximum atomic E-state index is 11.9. The molecular weight excluding hydrogens is 358 g/mol. The van der Waals surface area contributed by atoms with E-state index in [0.717, 1.165) is 25.2 Å². The summed E-state index contributed by atoms with van der Waals surface area (Å²) in [5, 5.41) is 0. The van der Waals surface area contributed by atoms with Crippen LogP contribution in [-0.2, 0) is 20.9 Å². The Morgan fingerprint density at radius 3 is 2.07 bits per heavy atom. The molecule has 0 aliphatic carbocycles. The highest BCUT2D eigenvalue weighted by atomic mass is 16.6. The zero-order valence-electron chi connectivity index (χ0n) is 18.1. The summed E-state index contributed by atoms with van der Waals surface area (Å²) in [4.78, 5) is 29.5. The van der Waals surface area contributed by atoms with Gasteiger partial charge in [0.2, 0.25) is 0 Å². The molecule has 0 aromatic heterocycles. The maximum absolute atomic E-state index is 11.9. The van der Waals surface area contributed by atoms with E-state index in [1.807, 2.05) is 70.1 Å². The molecule has 7 heteroatoms. The Kier molecular flexibility index (Phi) is 9.96. The molecule has 0 N–H and O–H groups in total. The standard InChI is InChI=1S/C21H35N3O4/c1-21(2,3)28-20(26)24(6)15-14-22(4)12-13-23(5)16-19(25)27-17-18-10-8-7-9-11-18/h7-11H,12-17H2,1-6H3. The molecule has 0 radical (unpaired) electrons. The van der Waals surface area contributed by atoms with Crippen molar-refractivity contribution in [3.63, 3.8) is 0 Å². The van der Waals surface area contributed by atoms with Crippen LogP contribution in [0.1, 0.15) is 26.3 Å². The van der Waals surface area contributed by atoms with Gasteiger partial charge < -0.3 is 19.3 Å². The minimum absolute atomic E-state index is 0.237. The second-order valence-electron chi connectivity index (χ2n) is 8.09. The molecule has 7 nitrogen and oxygen atoms in total. The van der Waals surface area contributed by atoms with Crippen LogP contribution < -0.4 is 0 Å². The molecular formula is C21H35N3O4. The Hall–Kier alpha value is -2.12. The number of hydrogen-bond acceptors (Lipinski definition) is 6. The van der Waals surface area contributed by atoms with Gasteiger partial charge in [-0.2, -0.15) is 0 Å². The molecule has 0 fully saturated rings. The number of ether oxygens (including phenoxy) is 2. The van der Waals surface area contributed by atoms with Crippen molar-refractivity contribution in [2.75, 3.05) is 53.9 Å². The van der Waals surface area contributed by atoms with Crippen molar-refractivity contribution in [3.8, 4) is 0 Å². The lowest BCUT2D eigenvalue weighted by Gasteiger charge is -2.27. The van der Waals surface area contributed by atoms with E-state index in [0.29, 0.717) is 13.2 Å². The van der Waals surface area contributed by atoms with Crippen LogP contribution in [0.3, 0.4) is 0 Å². The summed E-state index contributed by atoms with van der Waals surface area (Å²) in [6, 6.07) is 9.64. The van der Waals surface area contributed by atoms with Gasteiger partial charge in [0, 0.05) is 33.2 Å². The van der Waals surface area contributed by atoms with Gasteiger partial charge >= 0.3 is 12.1 Å². The molecule has 0 saturated heterocycles. The topological polar surface area (TPSA) is 62.3 Å². The monoisotopic (exact) mass is 393 g/mol. The van der Waals surface area contributed by atoms with Gasteiger partial charge in [-0.05, 0) is 40.4 Å². The van der Waals surface area contributed by atoms with E-state index in [9.17, 15) is 9.59 Å². The minimum Gasteiger partial charge on any atom is -0.460 e. The molecule has 0 aliphatic heterocycles. The Balaban J connectivity index is 2.20. The summed E-state index contributed by atoms with van der Waals surface area (Å²) in [5.74, 6) is -0.237. The quantitative estimate of drug-likeness (QED) is 0.569. The summed E-state index contributed by atoms with van der Waals surface area (Å²) in [5.41, 5.74) is 0.488. The molecule has 1 amide bonds. The van der Waals surface area contributed by atoms with Crippen LogP contribution in [0, 0.1) is 0 Å². The first-order chi connectivity index (χ1) is 13.1. The smallest absolute Gasteiger partial charge is 0.410 e. The molecule has 0 saturated carbocycles. The number of esters is 1. The lowest BCUT2D eigenvalue weighted by molar-refractivity contribution is -0.146. The van der Waals surface area contributed by atoms with Crippen LogP contribution in [0.25, 0.3) is 0 Å². The fourth-order valence-electron chi connectivity index (χ4n) is 2.29. The van der Waals surface area contributed by atoms with Crippen molar-refractivity contribution in [2.24, 2.45) is 0 Å². The largest absolute Gasteiger partial charge is 0.460 e. The van der Waals surface area contributed by atoms with E-state index >= 15 is 0 Å². The molecule has 0 atom stereocenters. The fourth-order valence-corrected chi connectivity index (χ4v) is 2.29. The van der Waals surface area contributed by atoms with Crippen molar-refractivity contribution in [1.29, 1.82) is 0 Å². The molecule has 0 spiro atoms. The summed E-state index contributed by atoms with van der Waals surface area (Å²) in [6.07, 6.45) is -0.320. The summed E-state index contributed by atoms with van der Waals surface area (Å²) >= 11 is 0. The number of hydrogen-bond donors (Lipinski definition) is 0. The average Bonchev–Trinajstić information content (AvgIpc) is 2.62. The van der Waals surface area contributed by atoms with Crippen LogP contribution in [-0.4, -0.2) is 86.2 Å². The molecule has 1 aromatic carbocycles. The molecule has 0 bridgehead atoms. The van der Waals surface area contributed by atoms with E-state index in [4.69, 9.17) is 9.47 Å². The number of likely N-dealkylation sites (N-methyl/N-ethyl adjacent to an activating group) is 3. The molecule has 0 unspecified atom stereocenters. The SMILES string of the molecule is CN(CCN(C)CC(=O)OCc1ccccc1)CCN(C)C(=O)OC(C)(C)C. The third-order valence-corrected chi connectivity index (χ3v) is 4.03. The van der Waals surface area contributed by atoms with E-state index in [1.165, 1.54) is 0 Å². The first kappa shape index (κ1) is 23.9. The van der Waals surface area contributed by atoms with E-state index in [1.54, 1.807) is 11.9 Å². The minimum atomic E-state index is -0.491. The molecule has 28 heavy (non-hydrogen) atoms. The van der Waals surface area contributed by atoms with E-state index in [2.05, 4.69) is 4.90 Å². The average molecular weight is 394 g/mol. The zero-order chi connectivity index (χ0) is 21.2. The lowest BCUT2D eigenvalue weighted by Crippen LogP contribution is -2.40. The predicted molar refractivity (Wildman–Crippen MR) is 110 cm³/mol. The third-order valence-electron chi connectivity index (χ3n) is 4.03. The van der Waals surface area contributed by atoms with E-state index < -0.39 is 5.60 Å². The highest BCUT2D eigenvalue weighted by Crippen LogP contribution is 2.09. The van der Waals surface area contributed by atoms with Crippen LogP contribution in [0.2, 0.25) is 0 Å². The first-order valence-electron chi connectivity index (χ1n) is 9.57. The van der Waals surface area contributed by atoms with Crippen LogP contribution in [0.15, 0.2) is 30.3 Å². The number of carbonyl (C=O) groups excluding carboxylic acids is 2. The van der Waals surface area contributed by atoms with Crippen molar-refractivity contribution in [2.45, 2.75) is 33.0 Å². The van der Waals surface area contributed by atoms with Crippen molar-refractivity contribution in [3.05, 3.63) is 35.9 Å². The van der Waals surface area contributed by atoms with Crippen molar-refractivity contribution in [1.82, 2.24) is 14.7 Å². The Morgan fingerprint density at radius 2 is 1.46 bits per heavy atom. The second kappa shape index (κ2) is 11.7. The summed E-state index contributed by atoms with van der Waals surface area (Å²) < 4.78 is 10.6. The van der Waals surface area contributed by atoms with Gasteiger partial charge in [-0.25, -0.2) is 4.79 Å². The number of nitrogens with zero attached hydrogens (tertiary/aromatic N) is 3. The Morgan fingerprint density at radius 1 is 0.893 bits per heavy atom. The van der Waals surface area contributed by atoms with Crippen LogP contribution in [0.4, 0.5) is 4.79 Å². The van der Waals surface area contributed by atoms with Gasteiger partial charge in [0.05, 0.1) is 6.54 Å². The van der Waals surface area contributed by atoms with Gasteiger partial charge in [-0.15, -0.1) is 0 Å². The Bertz CT molecular complexity index is 601. The molecule has 158 valence electrons. The number of amides is 1. The van der Waals surface area contributed by atoms with Gasteiger partial charge in [0.25, 0.3) is 0 Å². The van der Waals surface area contributed by atoms with Crippen LogP contribution >= 0.6 is 0 Å². The summed E-state index contributed by atoms with van der Waals surface area (Å²) in [7, 11) is 5.62. The van der Waals surface area contributed by atoms with Crippen molar-refractivity contribution < 1.29 is 19.1 Å². The maximum Gasteiger partial charge on any atom is 0.410 e. The Labute approximate surface area is 169 Å². The summed E-state index contributed by atoms with van der Waals surface area (Å²) in [6.45, 7) is 8.92. The van der Waals surface area contributed by atoms with Gasteiger partial charge in [-0.1, -0.05) is 30.3 Å². The van der Waals surface area contributed by atoms with Gasteiger partial charge in [0.15, 0.2) is 0 Å². The number of benzene rings is 1. The van der Waals surface area contributed by atoms with E-state index in [-0.39, 0.29) is 18.6 Å². The highest BCUT2D eigenvalue weighted by Gasteiger charge is 2.19. The van der Waals surface area contributed by atoms with Crippen molar-refractivity contribution >= 4 is 12.1 Å². The lowest BCUT2D eigenvalue weighted by atomic mass is 10.2. The predicted octanol–water partition coefficient (Wildman–Crippen LogP) is 2.46. The third kappa shape index (κ3) is 10.9. The molecule has 1 rings (SSSR count). The highest BCUT2D eigenvalue weighted by molar-refractivity contribution is 5.71. The zero-order valence-corrected chi connectivity index (χ0v) is 18.1. The normalized spacial score (nSPS) is 11.6. The number of carbonyl (C=O) groups is 2. The fraction of sp³-hybridized carbons (Fsp3) is 0.619. The van der Waals surface area contributed by atoms with Gasteiger partial charge in [0.1, 0.15) is 12.2 Å². The molecule has 0 aliphatic rings. The number of rotatable bonds is 10. The second-order valence-corrected chi connectivity index (χ2v) is 8.09. The first-order valence-corrected chi connectivity index (χ1v) is 9.57. The molecule has 0 heterocycles.